The molecule has 1 aromatic carbocycles. The van der Waals surface area contributed by atoms with Gasteiger partial charge in [-0.1, -0.05) is 6.08 Å². The molecule has 0 fully saturated rings. The summed E-state index contributed by atoms with van der Waals surface area (Å²) in [7, 11) is 4.68. The lowest BCUT2D eigenvalue weighted by Gasteiger charge is -2.14. The number of anilines is 2. The number of halogens is 1. The molecule has 30 heavy (non-hydrogen) atoms. The number of nitrogens with zero attached hydrogens (tertiary/aromatic N) is 5. The molecule has 3 rings (SSSR count). The summed E-state index contributed by atoms with van der Waals surface area (Å²) in [5.74, 6) is 2.50. The van der Waals surface area contributed by atoms with Crippen LogP contribution in [0.25, 0.3) is 11.8 Å². The van der Waals surface area contributed by atoms with Crippen molar-refractivity contribution in [1.82, 2.24) is 19.5 Å². The molecule has 0 atom stereocenters. The van der Waals surface area contributed by atoms with Crippen LogP contribution in [0.3, 0.4) is 0 Å². The molecule has 10 heteroatoms. The van der Waals surface area contributed by atoms with E-state index < -0.39 is 0 Å². The number of imidazole rings is 1. The fourth-order valence-corrected chi connectivity index (χ4v) is 3.00. The van der Waals surface area contributed by atoms with Gasteiger partial charge in [0.25, 0.3) is 0 Å². The molecule has 3 aromatic rings. The molecule has 2 heterocycles. The lowest BCUT2D eigenvalue weighted by molar-refractivity contribution is 0.324. The number of nitrogens with one attached hydrogen (secondary N) is 1. The monoisotopic (exact) mass is 428 g/mol. The van der Waals surface area contributed by atoms with Gasteiger partial charge in [0, 0.05) is 12.1 Å². The Morgan fingerprint density at radius 3 is 2.40 bits per heavy atom. The zero-order chi connectivity index (χ0) is 21.7. The molecule has 0 radical (unpaired) electrons. The van der Waals surface area contributed by atoms with Crippen molar-refractivity contribution in [2.24, 2.45) is 4.99 Å². The third-order valence-corrected chi connectivity index (χ3v) is 4.31. The lowest BCUT2D eigenvalue weighted by Crippen LogP contribution is -1.99. The van der Waals surface area contributed by atoms with Crippen LogP contribution in [-0.4, -0.2) is 47.6 Å². The van der Waals surface area contributed by atoms with Gasteiger partial charge in [-0.3, -0.25) is 4.99 Å². The van der Waals surface area contributed by atoms with Crippen LogP contribution in [0, 0.1) is 0 Å². The van der Waals surface area contributed by atoms with Crippen molar-refractivity contribution >= 4 is 41.7 Å². The summed E-state index contributed by atoms with van der Waals surface area (Å²) in [4.78, 5) is 16.8. The lowest BCUT2D eigenvalue weighted by atomic mass is 10.2. The van der Waals surface area contributed by atoms with Crippen molar-refractivity contribution in [1.29, 1.82) is 0 Å². The minimum Gasteiger partial charge on any atom is -0.493 e. The molecule has 0 aliphatic carbocycles. The first kappa shape index (κ1) is 21.1. The molecule has 0 aliphatic rings. The standard InChI is InChI=1S/C20H21ClN6O3/c1-6-7-13-17(22-2)19(26-20(21)24-13)25-16-10-27(11-23-16)12-8-14(28-3)18(30-5)15(9-12)29-4/h6-11H,2H2,1,3-5H3,(H,24,25,26)/b7-6-. The molecule has 0 bridgehead atoms. The number of aromatic nitrogens is 4. The van der Waals surface area contributed by atoms with Crippen molar-refractivity contribution in [3.8, 4) is 22.9 Å². The van der Waals surface area contributed by atoms with Crippen molar-refractivity contribution in [3.05, 3.63) is 41.7 Å². The molecule has 0 unspecified atom stereocenters. The zero-order valence-electron chi connectivity index (χ0n) is 17.0. The Bertz CT molecular complexity index is 1070. The average Bonchev–Trinajstić information content (AvgIpc) is 3.21. The van der Waals surface area contributed by atoms with Crippen LogP contribution in [0.2, 0.25) is 5.28 Å². The largest absolute Gasteiger partial charge is 0.493 e. The summed E-state index contributed by atoms with van der Waals surface area (Å²) in [6, 6.07) is 3.63. The van der Waals surface area contributed by atoms with E-state index in [1.807, 2.05) is 25.1 Å². The molecule has 156 valence electrons. The van der Waals surface area contributed by atoms with Gasteiger partial charge >= 0.3 is 0 Å². The number of hydrogen-bond acceptors (Lipinski definition) is 8. The fraction of sp³-hybridized carbons (Fsp3) is 0.200. The van der Waals surface area contributed by atoms with Gasteiger partial charge in [-0.25, -0.2) is 9.97 Å². The van der Waals surface area contributed by atoms with Crippen LogP contribution < -0.4 is 19.5 Å². The number of benzene rings is 1. The van der Waals surface area contributed by atoms with E-state index in [4.69, 9.17) is 25.8 Å². The average molecular weight is 429 g/mol. The Morgan fingerprint density at radius 2 is 1.83 bits per heavy atom. The van der Waals surface area contributed by atoms with Crippen LogP contribution in [0.1, 0.15) is 12.6 Å². The van der Waals surface area contributed by atoms with Gasteiger partial charge in [-0.05, 0) is 31.3 Å². The summed E-state index contributed by atoms with van der Waals surface area (Å²) in [6.07, 6.45) is 7.02. The van der Waals surface area contributed by atoms with E-state index in [9.17, 15) is 0 Å². The van der Waals surface area contributed by atoms with Crippen molar-refractivity contribution < 1.29 is 14.2 Å². The van der Waals surface area contributed by atoms with Gasteiger partial charge in [0.15, 0.2) is 17.3 Å². The summed E-state index contributed by atoms with van der Waals surface area (Å²) in [5.41, 5.74) is 1.79. The molecule has 0 saturated heterocycles. The Labute approximate surface area is 179 Å². The van der Waals surface area contributed by atoms with E-state index in [1.54, 1.807) is 44.5 Å². The first-order valence-corrected chi connectivity index (χ1v) is 9.20. The van der Waals surface area contributed by atoms with Crippen molar-refractivity contribution in [2.75, 3.05) is 26.6 Å². The van der Waals surface area contributed by atoms with Crippen molar-refractivity contribution in [3.63, 3.8) is 0 Å². The Balaban J connectivity index is 1.98. The molecule has 0 saturated carbocycles. The smallest absolute Gasteiger partial charge is 0.225 e. The van der Waals surface area contributed by atoms with E-state index in [2.05, 4.69) is 32.0 Å². The van der Waals surface area contributed by atoms with Crippen molar-refractivity contribution in [2.45, 2.75) is 6.92 Å². The first-order chi connectivity index (χ1) is 14.5. The summed E-state index contributed by atoms with van der Waals surface area (Å²) in [6.45, 7) is 5.47. The topological polar surface area (TPSA) is 95.7 Å². The maximum absolute atomic E-state index is 6.05. The SMILES string of the molecule is C=Nc1c(/C=C\C)nc(Cl)nc1Nc1cn(-c2cc(OC)c(OC)c(OC)c2)cn1. The predicted octanol–water partition coefficient (Wildman–Crippen LogP) is 4.45. The maximum atomic E-state index is 6.05. The van der Waals surface area contributed by atoms with E-state index in [1.165, 1.54) is 0 Å². The Morgan fingerprint density at radius 1 is 1.13 bits per heavy atom. The fourth-order valence-electron chi connectivity index (χ4n) is 2.83. The van der Waals surface area contributed by atoms with Gasteiger partial charge in [-0.15, -0.1) is 0 Å². The molecule has 9 nitrogen and oxygen atoms in total. The van der Waals surface area contributed by atoms with Gasteiger partial charge in [0.1, 0.15) is 17.8 Å². The number of allylic oxidation sites excluding steroid dienone is 1. The Hall–Kier alpha value is -3.59. The molecule has 1 N–H and O–H groups in total. The van der Waals surface area contributed by atoms with Gasteiger partial charge in [-0.2, -0.15) is 4.98 Å². The van der Waals surface area contributed by atoms with E-state index >= 15 is 0 Å². The second kappa shape index (κ2) is 9.27. The molecular weight excluding hydrogens is 408 g/mol. The number of rotatable bonds is 8. The summed E-state index contributed by atoms with van der Waals surface area (Å²) >= 11 is 6.05. The van der Waals surface area contributed by atoms with Gasteiger partial charge < -0.3 is 24.1 Å². The third kappa shape index (κ3) is 4.20. The van der Waals surface area contributed by atoms with E-state index in [-0.39, 0.29) is 5.28 Å². The number of methoxy groups -OCH3 is 3. The van der Waals surface area contributed by atoms with Gasteiger partial charge in [0.05, 0.1) is 38.9 Å². The van der Waals surface area contributed by atoms with Crippen LogP contribution in [0.15, 0.2) is 35.7 Å². The highest BCUT2D eigenvalue weighted by molar-refractivity contribution is 6.28. The normalized spacial score (nSPS) is 10.8. The highest BCUT2D eigenvalue weighted by atomic mass is 35.5. The molecule has 0 spiro atoms. The highest BCUT2D eigenvalue weighted by Gasteiger charge is 2.16. The minimum absolute atomic E-state index is 0.0852. The third-order valence-electron chi connectivity index (χ3n) is 4.14. The second-order valence-electron chi connectivity index (χ2n) is 5.91. The molecule has 0 amide bonds. The Kier molecular flexibility index (Phi) is 6.53. The van der Waals surface area contributed by atoms with Crippen LogP contribution >= 0.6 is 11.6 Å². The highest BCUT2D eigenvalue weighted by Crippen LogP contribution is 2.39. The summed E-state index contributed by atoms with van der Waals surface area (Å²) < 4.78 is 18.0. The first-order valence-electron chi connectivity index (χ1n) is 8.82. The van der Waals surface area contributed by atoms with Gasteiger partial charge in [0.2, 0.25) is 11.0 Å². The predicted molar refractivity (Wildman–Crippen MR) is 117 cm³/mol. The minimum atomic E-state index is 0.0852. The van der Waals surface area contributed by atoms with Crippen LogP contribution in [0.5, 0.6) is 17.2 Å². The number of ether oxygens (including phenoxy) is 3. The zero-order valence-corrected chi connectivity index (χ0v) is 17.8. The summed E-state index contributed by atoms with van der Waals surface area (Å²) in [5, 5.41) is 3.20. The van der Waals surface area contributed by atoms with Crippen LogP contribution in [0.4, 0.5) is 17.3 Å². The molecule has 2 aromatic heterocycles. The van der Waals surface area contributed by atoms with E-state index in [0.29, 0.717) is 40.3 Å². The van der Waals surface area contributed by atoms with Crippen LogP contribution in [-0.2, 0) is 0 Å². The quantitative estimate of drug-likeness (QED) is 0.418. The molecule has 0 aliphatic heterocycles. The second-order valence-corrected chi connectivity index (χ2v) is 6.25. The van der Waals surface area contributed by atoms with E-state index in [0.717, 1.165) is 5.69 Å². The number of hydrogen-bond donors (Lipinski definition) is 1. The number of aliphatic imine (C=N–C) groups is 1. The molecular formula is C20H21ClN6O3. The maximum Gasteiger partial charge on any atom is 0.225 e.